The van der Waals surface area contributed by atoms with Gasteiger partial charge in [0.2, 0.25) is 0 Å². The van der Waals surface area contributed by atoms with Crippen molar-refractivity contribution in [3.63, 3.8) is 0 Å². The van der Waals surface area contributed by atoms with Crippen LogP contribution in [0.25, 0.3) is 0 Å². The van der Waals surface area contributed by atoms with Crippen molar-refractivity contribution < 1.29 is 19.0 Å². The molecular weight excluding hydrogens is 336 g/mol. The summed E-state index contributed by atoms with van der Waals surface area (Å²) in [6.07, 6.45) is 1.47. The third-order valence-electron chi connectivity index (χ3n) is 3.72. The Morgan fingerprint density at radius 2 is 1.69 bits per heavy atom. The van der Waals surface area contributed by atoms with Gasteiger partial charge in [0.15, 0.2) is 17.2 Å². The van der Waals surface area contributed by atoms with E-state index in [0.29, 0.717) is 22.8 Å². The lowest BCUT2D eigenvalue weighted by molar-refractivity contribution is 0.0950. The average Bonchev–Trinajstić information content (AvgIpc) is 3.11. The Hall–Kier alpha value is -3.03. The monoisotopic (exact) mass is 360 g/mol. The minimum atomic E-state index is -0.410. The number of amides is 1. The predicted octanol–water partition coefficient (Wildman–Crippen LogP) is 2.50. The SMILES string of the molecule is COc1cc(OC)c(OC)cc1C=NNC(=O)c1cc(C(C)(C)C)[nH]n1. The maximum atomic E-state index is 12.2. The van der Waals surface area contributed by atoms with Crippen LogP contribution in [-0.4, -0.2) is 43.6 Å². The minimum absolute atomic E-state index is 0.123. The molecule has 140 valence electrons. The van der Waals surface area contributed by atoms with E-state index in [4.69, 9.17) is 14.2 Å². The van der Waals surface area contributed by atoms with E-state index in [1.807, 2.05) is 20.8 Å². The Morgan fingerprint density at radius 3 is 2.23 bits per heavy atom. The standard InChI is InChI=1S/C18H24N4O4/c1-18(2,3)16-8-12(20-21-16)17(23)22-19-10-11-7-14(25-5)15(26-6)9-13(11)24-4/h7-10H,1-6H3,(H,20,21)(H,22,23). The van der Waals surface area contributed by atoms with Crippen molar-refractivity contribution in [1.29, 1.82) is 0 Å². The van der Waals surface area contributed by atoms with Gasteiger partial charge in [-0.05, 0) is 12.1 Å². The summed E-state index contributed by atoms with van der Waals surface area (Å²) in [5.74, 6) is 1.20. The molecule has 0 unspecified atom stereocenters. The molecule has 0 aliphatic heterocycles. The number of hydrogen-bond acceptors (Lipinski definition) is 6. The highest BCUT2D eigenvalue weighted by atomic mass is 16.5. The first-order chi connectivity index (χ1) is 12.3. The fourth-order valence-electron chi connectivity index (χ4n) is 2.19. The van der Waals surface area contributed by atoms with Crippen LogP contribution in [0.5, 0.6) is 17.2 Å². The molecule has 26 heavy (non-hydrogen) atoms. The van der Waals surface area contributed by atoms with Crippen LogP contribution < -0.4 is 19.6 Å². The first-order valence-electron chi connectivity index (χ1n) is 7.99. The topological polar surface area (TPSA) is 97.8 Å². The largest absolute Gasteiger partial charge is 0.496 e. The van der Waals surface area contributed by atoms with Crippen LogP contribution in [0.2, 0.25) is 0 Å². The lowest BCUT2D eigenvalue weighted by atomic mass is 9.92. The molecule has 2 rings (SSSR count). The zero-order chi connectivity index (χ0) is 19.3. The van der Waals surface area contributed by atoms with Crippen LogP contribution in [0.1, 0.15) is 42.5 Å². The normalized spacial score (nSPS) is 11.5. The van der Waals surface area contributed by atoms with Crippen molar-refractivity contribution in [2.75, 3.05) is 21.3 Å². The van der Waals surface area contributed by atoms with E-state index in [-0.39, 0.29) is 11.1 Å². The lowest BCUT2D eigenvalue weighted by Gasteiger charge is -2.14. The summed E-state index contributed by atoms with van der Waals surface area (Å²) in [7, 11) is 4.62. The number of ether oxygens (including phenoxy) is 3. The molecule has 0 aliphatic carbocycles. The molecule has 0 radical (unpaired) electrons. The maximum Gasteiger partial charge on any atom is 0.291 e. The quantitative estimate of drug-likeness (QED) is 0.609. The number of hydrazone groups is 1. The van der Waals surface area contributed by atoms with Crippen LogP contribution in [-0.2, 0) is 5.41 Å². The van der Waals surface area contributed by atoms with Gasteiger partial charge in [0.25, 0.3) is 5.91 Å². The number of carbonyl (C=O) groups is 1. The smallest absolute Gasteiger partial charge is 0.291 e. The van der Waals surface area contributed by atoms with Crippen LogP contribution in [0.3, 0.4) is 0 Å². The van der Waals surface area contributed by atoms with Crippen LogP contribution >= 0.6 is 0 Å². The molecule has 0 saturated carbocycles. The summed E-state index contributed by atoms with van der Waals surface area (Å²) in [6.45, 7) is 6.09. The number of benzene rings is 1. The second kappa shape index (κ2) is 7.90. The summed E-state index contributed by atoms with van der Waals surface area (Å²) in [4.78, 5) is 12.2. The summed E-state index contributed by atoms with van der Waals surface area (Å²) in [5.41, 5.74) is 4.09. The second-order valence-electron chi connectivity index (χ2n) is 6.57. The Balaban J connectivity index is 2.15. The van der Waals surface area contributed by atoms with E-state index < -0.39 is 5.91 Å². The number of hydrogen-bond donors (Lipinski definition) is 2. The first kappa shape index (κ1) is 19.3. The van der Waals surface area contributed by atoms with Gasteiger partial charge < -0.3 is 14.2 Å². The molecule has 1 amide bonds. The number of carbonyl (C=O) groups excluding carboxylic acids is 1. The number of nitrogens with one attached hydrogen (secondary N) is 2. The first-order valence-corrected chi connectivity index (χ1v) is 7.99. The Bertz CT molecular complexity index is 806. The highest BCUT2D eigenvalue weighted by Crippen LogP contribution is 2.33. The number of methoxy groups -OCH3 is 3. The maximum absolute atomic E-state index is 12.2. The van der Waals surface area contributed by atoms with Crippen molar-refractivity contribution in [3.8, 4) is 17.2 Å². The Morgan fingerprint density at radius 1 is 1.08 bits per heavy atom. The Kier molecular flexibility index (Phi) is 5.86. The van der Waals surface area contributed by atoms with Gasteiger partial charge in [-0.2, -0.15) is 10.2 Å². The molecule has 1 aromatic heterocycles. The number of H-pyrrole nitrogens is 1. The minimum Gasteiger partial charge on any atom is -0.496 e. The fraction of sp³-hybridized carbons (Fsp3) is 0.389. The van der Waals surface area contributed by atoms with Gasteiger partial charge in [-0.3, -0.25) is 9.89 Å². The fourth-order valence-corrected chi connectivity index (χ4v) is 2.19. The molecule has 8 heteroatoms. The highest BCUT2D eigenvalue weighted by Gasteiger charge is 2.19. The van der Waals surface area contributed by atoms with E-state index in [2.05, 4.69) is 20.7 Å². The average molecular weight is 360 g/mol. The molecule has 0 spiro atoms. The molecule has 1 heterocycles. The molecule has 0 atom stereocenters. The predicted molar refractivity (Wildman–Crippen MR) is 98.4 cm³/mol. The van der Waals surface area contributed by atoms with Crippen LogP contribution in [0, 0.1) is 0 Å². The van der Waals surface area contributed by atoms with Gasteiger partial charge >= 0.3 is 0 Å². The van der Waals surface area contributed by atoms with Gasteiger partial charge in [-0.1, -0.05) is 20.8 Å². The van der Waals surface area contributed by atoms with Crippen molar-refractivity contribution in [1.82, 2.24) is 15.6 Å². The van der Waals surface area contributed by atoms with E-state index in [9.17, 15) is 4.79 Å². The number of aromatic nitrogens is 2. The third kappa shape index (κ3) is 4.33. The third-order valence-corrected chi connectivity index (χ3v) is 3.72. The van der Waals surface area contributed by atoms with Crippen molar-refractivity contribution in [2.45, 2.75) is 26.2 Å². The van der Waals surface area contributed by atoms with Gasteiger partial charge in [0, 0.05) is 22.7 Å². The van der Waals surface area contributed by atoms with E-state index in [1.165, 1.54) is 20.4 Å². The molecular formula is C18H24N4O4. The van der Waals surface area contributed by atoms with Gasteiger partial charge in [-0.25, -0.2) is 5.43 Å². The number of nitrogens with zero attached hydrogens (tertiary/aromatic N) is 2. The van der Waals surface area contributed by atoms with Gasteiger partial charge in [0.05, 0.1) is 27.5 Å². The van der Waals surface area contributed by atoms with Gasteiger partial charge in [0.1, 0.15) is 5.75 Å². The molecule has 1 aromatic carbocycles. The molecule has 0 aliphatic rings. The van der Waals surface area contributed by atoms with Crippen molar-refractivity contribution in [2.24, 2.45) is 5.10 Å². The lowest BCUT2D eigenvalue weighted by Crippen LogP contribution is -2.18. The summed E-state index contributed by atoms with van der Waals surface area (Å²) in [5, 5.41) is 10.9. The summed E-state index contributed by atoms with van der Waals surface area (Å²) in [6, 6.07) is 5.10. The van der Waals surface area contributed by atoms with E-state index in [0.717, 1.165) is 5.69 Å². The van der Waals surface area contributed by atoms with Crippen molar-refractivity contribution >= 4 is 12.1 Å². The highest BCUT2D eigenvalue weighted by molar-refractivity contribution is 5.93. The van der Waals surface area contributed by atoms with Crippen LogP contribution in [0.4, 0.5) is 0 Å². The summed E-state index contributed by atoms with van der Waals surface area (Å²) >= 11 is 0. The molecule has 0 fully saturated rings. The molecule has 2 N–H and O–H groups in total. The second-order valence-corrected chi connectivity index (χ2v) is 6.57. The Labute approximate surface area is 152 Å². The molecule has 8 nitrogen and oxygen atoms in total. The van der Waals surface area contributed by atoms with Gasteiger partial charge in [-0.15, -0.1) is 0 Å². The molecule has 0 saturated heterocycles. The van der Waals surface area contributed by atoms with E-state index >= 15 is 0 Å². The summed E-state index contributed by atoms with van der Waals surface area (Å²) < 4.78 is 15.8. The number of rotatable bonds is 6. The van der Waals surface area contributed by atoms with Crippen molar-refractivity contribution in [3.05, 3.63) is 35.2 Å². The zero-order valence-corrected chi connectivity index (χ0v) is 15.8. The molecule has 2 aromatic rings. The van der Waals surface area contributed by atoms with Crippen LogP contribution in [0.15, 0.2) is 23.3 Å². The number of aromatic amines is 1. The van der Waals surface area contributed by atoms with E-state index in [1.54, 1.807) is 25.3 Å². The molecule has 0 bridgehead atoms. The zero-order valence-electron chi connectivity index (χ0n) is 15.8.